The number of Topliss-reactive ketones (excluding diaryl/α,β-unsaturated/α-hetero) is 1. The summed E-state index contributed by atoms with van der Waals surface area (Å²) in [5, 5.41) is 6.49. The second-order valence-corrected chi connectivity index (χ2v) is 6.36. The highest BCUT2D eigenvalue weighted by Gasteiger charge is 2.15. The van der Waals surface area contributed by atoms with Crippen LogP contribution in [-0.4, -0.2) is 22.7 Å². The first kappa shape index (κ1) is 16.2. The molecule has 0 saturated carbocycles. The Bertz CT molecular complexity index is 690. The molecule has 22 heavy (non-hydrogen) atoms. The lowest BCUT2D eigenvalue weighted by Crippen LogP contribution is -2.31. The Hall–Kier alpha value is -2.21. The molecule has 2 rings (SSSR count). The lowest BCUT2D eigenvalue weighted by Gasteiger charge is -2.14. The molecule has 0 aliphatic carbocycles. The number of nitrogens with one attached hydrogen (secondary N) is 2. The highest BCUT2D eigenvalue weighted by atomic mass is 32.1. The van der Waals surface area contributed by atoms with Gasteiger partial charge in [0.05, 0.1) is 5.69 Å². The van der Waals surface area contributed by atoms with Crippen molar-refractivity contribution in [3.05, 3.63) is 40.4 Å². The Morgan fingerprint density at radius 3 is 2.59 bits per heavy atom. The summed E-state index contributed by atoms with van der Waals surface area (Å²) in [6, 6.07) is 6.67. The number of ketones is 1. The fourth-order valence-corrected chi connectivity index (χ4v) is 2.70. The van der Waals surface area contributed by atoms with Crippen LogP contribution in [0.4, 0.5) is 10.8 Å². The topological polar surface area (TPSA) is 71.1 Å². The minimum Gasteiger partial charge on any atom is -0.374 e. The van der Waals surface area contributed by atoms with E-state index in [4.69, 9.17) is 0 Å². The van der Waals surface area contributed by atoms with E-state index in [0.717, 1.165) is 16.3 Å². The van der Waals surface area contributed by atoms with E-state index in [1.165, 1.54) is 18.3 Å². The first-order valence-electron chi connectivity index (χ1n) is 6.99. The van der Waals surface area contributed by atoms with E-state index in [9.17, 15) is 9.59 Å². The zero-order valence-electron chi connectivity index (χ0n) is 13.1. The first-order chi connectivity index (χ1) is 10.4. The number of amides is 1. The molecule has 0 unspecified atom stereocenters. The third-order valence-corrected chi connectivity index (χ3v) is 4.29. The van der Waals surface area contributed by atoms with Crippen LogP contribution in [-0.2, 0) is 4.79 Å². The number of aryl methyl sites for hydroxylation is 2. The van der Waals surface area contributed by atoms with Crippen LogP contribution >= 0.6 is 11.3 Å². The smallest absolute Gasteiger partial charge is 0.248 e. The average Bonchev–Trinajstić information content (AvgIpc) is 2.77. The quantitative estimate of drug-likeness (QED) is 0.829. The summed E-state index contributed by atoms with van der Waals surface area (Å²) in [6.45, 7) is 7.17. The Kier molecular flexibility index (Phi) is 4.92. The maximum Gasteiger partial charge on any atom is 0.248 e. The van der Waals surface area contributed by atoms with Crippen LogP contribution in [0.15, 0.2) is 24.3 Å². The van der Waals surface area contributed by atoms with E-state index >= 15 is 0 Å². The van der Waals surface area contributed by atoms with Crippen LogP contribution in [0.25, 0.3) is 0 Å². The van der Waals surface area contributed by atoms with Crippen molar-refractivity contribution in [1.82, 2.24) is 4.98 Å². The molecule has 1 heterocycles. The van der Waals surface area contributed by atoms with Gasteiger partial charge in [-0.1, -0.05) is 12.1 Å². The largest absolute Gasteiger partial charge is 0.374 e. The number of hydrogen-bond acceptors (Lipinski definition) is 5. The number of aromatic nitrogens is 1. The van der Waals surface area contributed by atoms with Crippen molar-refractivity contribution >= 4 is 33.8 Å². The van der Waals surface area contributed by atoms with Crippen molar-refractivity contribution in [3.8, 4) is 0 Å². The molecule has 1 atom stereocenters. The summed E-state index contributed by atoms with van der Waals surface area (Å²) in [4.78, 5) is 28.9. The van der Waals surface area contributed by atoms with Gasteiger partial charge in [-0.3, -0.25) is 9.59 Å². The monoisotopic (exact) mass is 317 g/mol. The Morgan fingerprint density at radius 1 is 1.27 bits per heavy atom. The predicted octanol–water partition coefficient (Wildman–Crippen LogP) is 3.40. The molecule has 6 heteroatoms. The SMILES string of the molecule is CC(=O)c1cccc(N[C@@H](C)C(=O)Nc2nc(C)c(C)s2)c1. The van der Waals surface area contributed by atoms with Crippen molar-refractivity contribution in [2.24, 2.45) is 0 Å². The van der Waals surface area contributed by atoms with Crippen LogP contribution in [0, 0.1) is 13.8 Å². The van der Waals surface area contributed by atoms with Crippen LogP contribution in [0.1, 0.15) is 34.8 Å². The van der Waals surface area contributed by atoms with Gasteiger partial charge < -0.3 is 10.6 Å². The number of carbonyl (C=O) groups excluding carboxylic acids is 2. The molecule has 0 saturated heterocycles. The maximum atomic E-state index is 12.2. The summed E-state index contributed by atoms with van der Waals surface area (Å²) in [7, 11) is 0. The molecule has 2 aromatic rings. The number of nitrogens with zero attached hydrogens (tertiary/aromatic N) is 1. The second-order valence-electron chi connectivity index (χ2n) is 5.15. The van der Waals surface area contributed by atoms with E-state index in [0.29, 0.717) is 10.7 Å². The molecule has 0 aliphatic heterocycles. The summed E-state index contributed by atoms with van der Waals surface area (Å²) >= 11 is 1.46. The number of benzene rings is 1. The zero-order chi connectivity index (χ0) is 16.3. The van der Waals surface area contributed by atoms with Gasteiger partial charge in [-0.25, -0.2) is 4.98 Å². The third kappa shape index (κ3) is 3.92. The van der Waals surface area contributed by atoms with Crippen LogP contribution < -0.4 is 10.6 Å². The molecular weight excluding hydrogens is 298 g/mol. The van der Waals surface area contributed by atoms with Crippen molar-refractivity contribution < 1.29 is 9.59 Å². The fraction of sp³-hybridized carbons (Fsp3) is 0.312. The van der Waals surface area contributed by atoms with Crippen molar-refractivity contribution in [2.75, 3.05) is 10.6 Å². The highest BCUT2D eigenvalue weighted by molar-refractivity contribution is 7.15. The lowest BCUT2D eigenvalue weighted by atomic mass is 10.1. The molecule has 0 fully saturated rings. The van der Waals surface area contributed by atoms with Gasteiger partial charge in [-0.15, -0.1) is 11.3 Å². The highest BCUT2D eigenvalue weighted by Crippen LogP contribution is 2.21. The minimum atomic E-state index is -0.438. The molecule has 0 spiro atoms. The zero-order valence-corrected chi connectivity index (χ0v) is 13.9. The van der Waals surface area contributed by atoms with Gasteiger partial charge in [0.25, 0.3) is 0 Å². The number of rotatable bonds is 5. The molecule has 0 aliphatic rings. The van der Waals surface area contributed by atoms with E-state index in [2.05, 4.69) is 15.6 Å². The van der Waals surface area contributed by atoms with E-state index in [-0.39, 0.29) is 11.7 Å². The fourth-order valence-electron chi connectivity index (χ4n) is 1.88. The first-order valence-corrected chi connectivity index (χ1v) is 7.81. The molecule has 5 nitrogen and oxygen atoms in total. The maximum absolute atomic E-state index is 12.2. The molecule has 2 N–H and O–H groups in total. The normalized spacial score (nSPS) is 11.8. The standard InChI is InChI=1S/C16H19N3O2S/c1-9-12(4)22-16(18-9)19-15(21)10(2)17-14-7-5-6-13(8-14)11(3)20/h5-8,10,17H,1-4H3,(H,18,19,21)/t10-/m0/s1. The molecule has 0 radical (unpaired) electrons. The van der Waals surface area contributed by atoms with Gasteiger partial charge in [0, 0.05) is 16.1 Å². The van der Waals surface area contributed by atoms with Crippen molar-refractivity contribution in [2.45, 2.75) is 33.7 Å². The van der Waals surface area contributed by atoms with Gasteiger partial charge in [0.15, 0.2) is 10.9 Å². The van der Waals surface area contributed by atoms with Gasteiger partial charge in [-0.2, -0.15) is 0 Å². The number of anilines is 2. The average molecular weight is 317 g/mol. The van der Waals surface area contributed by atoms with Crippen LogP contribution in [0.3, 0.4) is 0 Å². The van der Waals surface area contributed by atoms with E-state index < -0.39 is 6.04 Å². The number of carbonyl (C=O) groups is 2. The van der Waals surface area contributed by atoms with Gasteiger partial charge in [0.1, 0.15) is 6.04 Å². The Labute approximate surface area is 133 Å². The van der Waals surface area contributed by atoms with Crippen molar-refractivity contribution in [3.63, 3.8) is 0 Å². The van der Waals surface area contributed by atoms with Crippen molar-refractivity contribution in [1.29, 1.82) is 0 Å². The summed E-state index contributed by atoms with van der Waals surface area (Å²) in [5.74, 6) is -0.170. The third-order valence-electron chi connectivity index (χ3n) is 3.30. The Morgan fingerprint density at radius 2 is 2.00 bits per heavy atom. The minimum absolute atomic E-state index is 0.00510. The summed E-state index contributed by atoms with van der Waals surface area (Å²) in [6.07, 6.45) is 0. The summed E-state index contributed by atoms with van der Waals surface area (Å²) in [5.41, 5.74) is 2.28. The molecule has 0 bridgehead atoms. The van der Waals surface area contributed by atoms with Gasteiger partial charge in [0.2, 0.25) is 5.91 Å². The van der Waals surface area contributed by atoms with Gasteiger partial charge in [-0.05, 0) is 39.8 Å². The van der Waals surface area contributed by atoms with E-state index in [1.807, 2.05) is 19.9 Å². The van der Waals surface area contributed by atoms with E-state index in [1.54, 1.807) is 25.1 Å². The predicted molar refractivity (Wildman–Crippen MR) is 89.7 cm³/mol. The second kappa shape index (κ2) is 6.70. The lowest BCUT2D eigenvalue weighted by molar-refractivity contribution is -0.116. The molecule has 1 amide bonds. The van der Waals surface area contributed by atoms with Crippen LogP contribution in [0.5, 0.6) is 0 Å². The molecule has 1 aromatic carbocycles. The van der Waals surface area contributed by atoms with Gasteiger partial charge >= 0.3 is 0 Å². The van der Waals surface area contributed by atoms with Crippen LogP contribution in [0.2, 0.25) is 0 Å². The Balaban J connectivity index is 2.02. The molecule has 116 valence electrons. The number of thiazole rings is 1. The number of hydrogen-bond donors (Lipinski definition) is 2. The molecule has 1 aromatic heterocycles. The summed E-state index contributed by atoms with van der Waals surface area (Å²) < 4.78 is 0. The molecular formula is C16H19N3O2S.